The fourth-order valence-corrected chi connectivity index (χ4v) is 1.21. The highest BCUT2D eigenvalue weighted by atomic mass is 79.9. The lowest BCUT2D eigenvalue weighted by Crippen LogP contribution is -2.35. The first kappa shape index (κ1) is 11.6. The number of aliphatic hydroxyl groups excluding tert-OH is 1. The predicted octanol–water partition coefficient (Wildman–Crippen LogP) is 1.76. The first-order chi connectivity index (χ1) is 6.53. The molecule has 0 fully saturated rings. The molecule has 0 aliphatic carbocycles. The standard InChI is InChI=1S/C8H10BrF2NO2/c9-7-2-1-6(14-7)3-12-4-8(10,11)5-13/h1-2,12-13H,3-5H2. The number of furan rings is 1. The normalized spacial score (nSPS) is 12.0. The van der Waals surface area contributed by atoms with E-state index in [2.05, 4.69) is 21.2 Å². The Balaban J connectivity index is 2.28. The molecule has 0 atom stereocenters. The van der Waals surface area contributed by atoms with E-state index in [1.54, 1.807) is 12.1 Å². The van der Waals surface area contributed by atoms with E-state index in [1.807, 2.05) is 0 Å². The second kappa shape index (κ2) is 4.86. The first-order valence-electron chi connectivity index (χ1n) is 3.97. The van der Waals surface area contributed by atoms with Gasteiger partial charge < -0.3 is 14.8 Å². The van der Waals surface area contributed by atoms with E-state index in [4.69, 9.17) is 9.52 Å². The Kier molecular flexibility index (Phi) is 4.03. The summed E-state index contributed by atoms with van der Waals surface area (Å²) >= 11 is 3.09. The lowest BCUT2D eigenvalue weighted by Gasteiger charge is -2.12. The highest BCUT2D eigenvalue weighted by Gasteiger charge is 2.26. The molecule has 0 spiro atoms. The number of hydrogen-bond donors (Lipinski definition) is 2. The Bertz CT molecular complexity index is 291. The maximum Gasteiger partial charge on any atom is 0.282 e. The van der Waals surface area contributed by atoms with Gasteiger partial charge in [0.1, 0.15) is 12.4 Å². The summed E-state index contributed by atoms with van der Waals surface area (Å²) in [6.45, 7) is -1.51. The minimum atomic E-state index is -3.08. The molecule has 0 saturated carbocycles. The molecule has 6 heteroatoms. The topological polar surface area (TPSA) is 45.4 Å². The molecular weight excluding hydrogens is 260 g/mol. The molecule has 0 bridgehead atoms. The molecular formula is C8H10BrF2NO2. The molecule has 1 rings (SSSR count). The highest BCUT2D eigenvalue weighted by molar-refractivity contribution is 9.10. The molecule has 80 valence electrons. The number of alkyl halides is 2. The van der Waals surface area contributed by atoms with E-state index >= 15 is 0 Å². The van der Waals surface area contributed by atoms with E-state index in [-0.39, 0.29) is 6.54 Å². The number of hydrogen-bond acceptors (Lipinski definition) is 3. The van der Waals surface area contributed by atoms with Gasteiger partial charge in [-0.05, 0) is 28.1 Å². The summed E-state index contributed by atoms with van der Waals surface area (Å²) in [6.07, 6.45) is 0. The van der Waals surface area contributed by atoms with Crippen LogP contribution in [-0.2, 0) is 6.54 Å². The summed E-state index contributed by atoms with van der Waals surface area (Å²) in [5, 5.41) is 10.8. The van der Waals surface area contributed by atoms with Crippen molar-refractivity contribution in [3.05, 3.63) is 22.6 Å². The molecule has 14 heavy (non-hydrogen) atoms. The third-order valence-electron chi connectivity index (χ3n) is 1.54. The van der Waals surface area contributed by atoms with Crippen LogP contribution in [0.2, 0.25) is 0 Å². The van der Waals surface area contributed by atoms with Gasteiger partial charge in [0.2, 0.25) is 0 Å². The Morgan fingerprint density at radius 3 is 2.71 bits per heavy atom. The second-order valence-electron chi connectivity index (χ2n) is 2.82. The number of rotatable bonds is 5. The maximum absolute atomic E-state index is 12.5. The lowest BCUT2D eigenvalue weighted by molar-refractivity contribution is -0.0479. The molecule has 1 heterocycles. The molecule has 0 amide bonds. The van der Waals surface area contributed by atoms with Crippen molar-refractivity contribution < 1.29 is 18.3 Å². The summed E-state index contributed by atoms with van der Waals surface area (Å²) < 4.78 is 30.7. The molecule has 0 saturated heterocycles. The Labute approximate surface area is 88.2 Å². The fraction of sp³-hybridized carbons (Fsp3) is 0.500. The zero-order valence-electron chi connectivity index (χ0n) is 7.27. The van der Waals surface area contributed by atoms with Crippen LogP contribution in [0.15, 0.2) is 21.2 Å². The summed E-state index contributed by atoms with van der Waals surface area (Å²) in [6, 6.07) is 3.36. The van der Waals surface area contributed by atoms with Crippen molar-refractivity contribution in [3.63, 3.8) is 0 Å². The van der Waals surface area contributed by atoms with Gasteiger partial charge in [-0.1, -0.05) is 0 Å². The molecule has 1 aromatic heterocycles. The molecule has 0 aliphatic heterocycles. The lowest BCUT2D eigenvalue weighted by atomic mass is 10.3. The molecule has 0 radical (unpaired) electrons. The van der Waals surface area contributed by atoms with Crippen LogP contribution < -0.4 is 5.32 Å². The average Bonchev–Trinajstić information content (AvgIpc) is 2.51. The Morgan fingerprint density at radius 1 is 1.50 bits per heavy atom. The van der Waals surface area contributed by atoms with E-state index in [9.17, 15) is 8.78 Å². The predicted molar refractivity (Wildman–Crippen MR) is 50.1 cm³/mol. The molecule has 2 N–H and O–H groups in total. The quantitative estimate of drug-likeness (QED) is 0.857. The van der Waals surface area contributed by atoms with Gasteiger partial charge in [-0.15, -0.1) is 0 Å². The van der Waals surface area contributed by atoms with E-state index in [0.717, 1.165) is 0 Å². The van der Waals surface area contributed by atoms with Gasteiger partial charge in [-0.25, -0.2) is 8.78 Å². The van der Waals surface area contributed by atoms with E-state index in [0.29, 0.717) is 10.4 Å². The number of aliphatic hydroxyl groups is 1. The molecule has 0 aliphatic rings. The molecule has 3 nitrogen and oxygen atoms in total. The minimum absolute atomic E-state index is 0.210. The van der Waals surface area contributed by atoms with Gasteiger partial charge in [-0.2, -0.15) is 0 Å². The average molecular weight is 270 g/mol. The van der Waals surface area contributed by atoms with Crippen LogP contribution in [0.3, 0.4) is 0 Å². The van der Waals surface area contributed by atoms with Crippen molar-refractivity contribution >= 4 is 15.9 Å². The van der Waals surface area contributed by atoms with Crippen molar-refractivity contribution in [3.8, 4) is 0 Å². The SMILES string of the molecule is OCC(F)(F)CNCc1ccc(Br)o1. The summed E-state index contributed by atoms with van der Waals surface area (Å²) in [7, 11) is 0. The summed E-state index contributed by atoms with van der Waals surface area (Å²) in [5.41, 5.74) is 0. The monoisotopic (exact) mass is 269 g/mol. The zero-order valence-corrected chi connectivity index (χ0v) is 8.85. The number of halogens is 3. The van der Waals surface area contributed by atoms with Crippen molar-refractivity contribution in [1.29, 1.82) is 0 Å². The van der Waals surface area contributed by atoms with Crippen molar-refractivity contribution in [1.82, 2.24) is 5.32 Å². The van der Waals surface area contributed by atoms with E-state index in [1.165, 1.54) is 0 Å². The van der Waals surface area contributed by atoms with Gasteiger partial charge in [0.25, 0.3) is 5.92 Å². The first-order valence-corrected chi connectivity index (χ1v) is 4.76. The fourth-order valence-electron chi connectivity index (χ4n) is 0.871. The highest BCUT2D eigenvalue weighted by Crippen LogP contribution is 2.14. The third kappa shape index (κ3) is 3.73. The van der Waals surface area contributed by atoms with Crippen LogP contribution in [-0.4, -0.2) is 24.2 Å². The second-order valence-corrected chi connectivity index (χ2v) is 3.61. The van der Waals surface area contributed by atoms with Crippen molar-refractivity contribution in [2.75, 3.05) is 13.2 Å². The smallest absolute Gasteiger partial charge is 0.282 e. The maximum atomic E-state index is 12.5. The van der Waals surface area contributed by atoms with Crippen LogP contribution in [0.1, 0.15) is 5.76 Å². The van der Waals surface area contributed by atoms with E-state index < -0.39 is 19.1 Å². The van der Waals surface area contributed by atoms with Crippen LogP contribution in [0.25, 0.3) is 0 Å². The third-order valence-corrected chi connectivity index (χ3v) is 1.97. The summed E-state index contributed by atoms with van der Waals surface area (Å²) in [4.78, 5) is 0. The van der Waals surface area contributed by atoms with Crippen molar-refractivity contribution in [2.24, 2.45) is 0 Å². The molecule has 1 aromatic rings. The number of nitrogens with one attached hydrogen (secondary N) is 1. The Morgan fingerprint density at radius 2 is 2.21 bits per heavy atom. The van der Waals surface area contributed by atoms with Gasteiger partial charge >= 0.3 is 0 Å². The van der Waals surface area contributed by atoms with Gasteiger partial charge in [-0.3, -0.25) is 0 Å². The van der Waals surface area contributed by atoms with Crippen LogP contribution in [0.4, 0.5) is 8.78 Å². The zero-order chi connectivity index (χ0) is 10.6. The molecule has 0 unspecified atom stereocenters. The van der Waals surface area contributed by atoms with Crippen molar-refractivity contribution in [2.45, 2.75) is 12.5 Å². The van der Waals surface area contributed by atoms with Gasteiger partial charge in [0, 0.05) is 0 Å². The van der Waals surface area contributed by atoms with Gasteiger partial charge in [0.05, 0.1) is 13.1 Å². The minimum Gasteiger partial charge on any atom is -0.453 e. The Hall–Kier alpha value is -0.460. The van der Waals surface area contributed by atoms with Crippen LogP contribution in [0.5, 0.6) is 0 Å². The van der Waals surface area contributed by atoms with Crippen LogP contribution >= 0.6 is 15.9 Å². The van der Waals surface area contributed by atoms with Crippen LogP contribution in [0, 0.1) is 0 Å². The van der Waals surface area contributed by atoms with Gasteiger partial charge in [0.15, 0.2) is 4.67 Å². The summed E-state index contributed by atoms with van der Waals surface area (Å²) in [5.74, 6) is -2.52. The largest absolute Gasteiger partial charge is 0.453 e. The molecule has 0 aromatic carbocycles.